The highest BCUT2D eigenvalue weighted by Crippen LogP contribution is 2.30. The summed E-state index contributed by atoms with van der Waals surface area (Å²) in [5.41, 5.74) is 0.519. The van der Waals surface area contributed by atoms with Crippen LogP contribution in [-0.2, 0) is 9.59 Å². The molecular formula is C12H6O5. The molecule has 0 fully saturated rings. The molecule has 2 N–H and O–H groups in total. The van der Waals surface area contributed by atoms with Crippen molar-refractivity contribution in [1.29, 1.82) is 0 Å². The number of ketones is 2. The maximum absolute atomic E-state index is 11.3. The largest absolute Gasteiger partial charge is 0.504 e. The van der Waals surface area contributed by atoms with E-state index >= 15 is 0 Å². The van der Waals surface area contributed by atoms with Gasteiger partial charge in [-0.05, 0) is 12.1 Å². The van der Waals surface area contributed by atoms with Gasteiger partial charge in [0.15, 0.2) is 11.5 Å². The zero-order valence-electron chi connectivity index (χ0n) is 8.43. The number of phenolic OH excluding ortho intramolecular Hbond substituents is 2. The molecule has 0 spiro atoms. The Morgan fingerprint density at radius 2 is 1.71 bits per heavy atom. The Morgan fingerprint density at radius 3 is 2.47 bits per heavy atom. The van der Waals surface area contributed by atoms with Crippen molar-refractivity contribution in [2.75, 3.05) is 0 Å². The predicted molar refractivity (Wildman–Crippen MR) is 57.7 cm³/mol. The molecule has 0 saturated heterocycles. The first-order valence-electron chi connectivity index (χ1n) is 4.83. The number of aromatic hydroxyl groups is 2. The van der Waals surface area contributed by atoms with E-state index in [1.165, 1.54) is 12.1 Å². The Labute approximate surface area is 93.9 Å². The van der Waals surface area contributed by atoms with Gasteiger partial charge in [0.05, 0.1) is 5.39 Å². The smallest absolute Gasteiger partial charge is 0.229 e. The lowest BCUT2D eigenvalue weighted by Crippen LogP contribution is -2.30. The first kappa shape index (κ1) is 9.65. The third-order valence-corrected chi connectivity index (χ3v) is 2.65. The zero-order valence-corrected chi connectivity index (χ0v) is 8.43. The van der Waals surface area contributed by atoms with Crippen LogP contribution < -0.4 is 10.6 Å². The Balaban J connectivity index is 2.61. The molecule has 0 aliphatic heterocycles. The van der Waals surface area contributed by atoms with Crippen molar-refractivity contribution in [1.82, 2.24) is 0 Å². The minimum atomic E-state index is -0.678. The molecule has 1 aliphatic carbocycles. The minimum Gasteiger partial charge on any atom is -0.504 e. The molecule has 0 unspecified atom stereocenters. The van der Waals surface area contributed by atoms with Gasteiger partial charge in [-0.1, -0.05) is 0 Å². The number of carbonyl (C=O) groups excluding carboxylic acids is 2. The number of carbonyl (C=O) groups is 2. The van der Waals surface area contributed by atoms with Crippen LogP contribution in [0, 0.1) is 0 Å². The molecule has 2 aromatic rings. The van der Waals surface area contributed by atoms with Crippen LogP contribution in [0.2, 0.25) is 0 Å². The van der Waals surface area contributed by atoms with Crippen LogP contribution in [0.4, 0.5) is 0 Å². The molecule has 0 amide bonds. The van der Waals surface area contributed by atoms with Gasteiger partial charge < -0.3 is 14.6 Å². The Bertz CT molecular complexity index is 794. The number of benzene rings is 1. The monoisotopic (exact) mass is 230 g/mol. The van der Waals surface area contributed by atoms with Gasteiger partial charge >= 0.3 is 0 Å². The highest BCUT2D eigenvalue weighted by Gasteiger charge is 2.19. The summed E-state index contributed by atoms with van der Waals surface area (Å²) in [4.78, 5) is 22.4. The van der Waals surface area contributed by atoms with E-state index in [0.29, 0.717) is 10.8 Å². The fourth-order valence-electron chi connectivity index (χ4n) is 1.85. The zero-order chi connectivity index (χ0) is 12.2. The molecule has 1 aromatic heterocycles. The molecule has 17 heavy (non-hydrogen) atoms. The van der Waals surface area contributed by atoms with Crippen LogP contribution >= 0.6 is 0 Å². The average molecular weight is 230 g/mol. The molecule has 0 atom stereocenters. The van der Waals surface area contributed by atoms with Crippen LogP contribution in [0.5, 0.6) is 11.5 Å². The van der Waals surface area contributed by atoms with Gasteiger partial charge in [0, 0.05) is 17.4 Å². The summed E-state index contributed by atoms with van der Waals surface area (Å²) in [6.07, 6.45) is 2.18. The van der Waals surface area contributed by atoms with Gasteiger partial charge in [0.25, 0.3) is 0 Å². The summed E-state index contributed by atoms with van der Waals surface area (Å²) in [6, 6.07) is 2.73. The molecule has 1 aliphatic rings. The van der Waals surface area contributed by atoms with Gasteiger partial charge in [-0.3, -0.25) is 9.59 Å². The van der Waals surface area contributed by atoms with Gasteiger partial charge in [-0.25, -0.2) is 0 Å². The second-order valence-corrected chi connectivity index (χ2v) is 3.70. The van der Waals surface area contributed by atoms with Crippen molar-refractivity contribution in [3.63, 3.8) is 0 Å². The third-order valence-electron chi connectivity index (χ3n) is 2.65. The van der Waals surface area contributed by atoms with E-state index < -0.39 is 11.6 Å². The topological polar surface area (TPSA) is 87.7 Å². The summed E-state index contributed by atoms with van der Waals surface area (Å²) in [7, 11) is 0. The Kier molecular flexibility index (Phi) is 1.69. The number of furan rings is 1. The van der Waals surface area contributed by atoms with E-state index in [1.807, 2.05) is 0 Å². The van der Waals surface area contributed by atoms with E-state index in [4.69, 9.17) is 4.42 Å². The maximum Gasteiger partial charge on any atom is 0.229 e. The second-order valence-electron chi connectivity index (χ2n) is 3.70. The summed E-state index contributed by atoms with van der Waals surface area (Å²) in [6.45, 7) is 0. The SMILES string of the molecule is O=C1C=c2oc3ccc(O)c(O)c3c2=CC1=O. The molecule has 0 radical (unpaired) electrons. The second kappa shape index (κ2) is 2.98. The highest BCUT2D eigenvalue weighted by molar-refractivity contribution is 6.57. The summed E-state index contributed by atoms with van der Waals surface area (Å²) >= 11 is 0. The van der Waals surface area contributed by atoms with Crippen LogP contribution in [0.15, 0.2) is 16.5 Å². The normalized spacial score (nSPS) is 14.4. The van der Waals surface area contributed by atoms with Crippen molar-refractivity contribution >= 4 is 34.7 Å². The van der Waals surface area contributed by atoms with Crippen LogP contribution in [0.1, 0.15) is 0 Å². The van der Waals surface area contributed by atoms with Crippen LogP contribution in [0.25, 0.3) is 23.1 Å². The number of hydrogen-bond donors (Lipinski definition) is 2. The summed E-state index contributed by atoms with van der Waals surface area (Å²) < 4.78 is 5.31. The number of rotatable bonds is 0. The van der Waals surface area contributed by atoms with Crippen LogP contribution in [0.3, 0.4) is 0 Å². The molecule has 84 valence electrons. The summed E-state index contributed by atoms with van der Waals surface area (Å²) in [5.74, 6) is -2.01. The molecule has 1 aromatic carbocycles. The Morgan fingerprint density at radius 1 is 1.00 bits per heavy atom. The molecular weight excluding hydrogens is 224 g/mol. The van der Waals surface area contributed by atoms with Crippen LogP contribution in [-0.4, -0.2) is 21.8 Å². The number of fused-ring (bicyclic) bond motifs is 3. The molecule has 5 nitrogen and oxygen atoms in total. The van der Waals surface area contributed by atoms with E-state index in [0.717, 1.165) is 12.2 Å². The van der Waals surface area contributed by atoms with Gasteiger partial charge in [-0.15, -0.1) is 0 Å². The lowest BCUT2D eigenvalue weighted by atomic mass is 10.1. The van der Waals surface area contributed by atoms with Crippen molar-refractivity contribution < 1.29 is 24.2 Å². The van der Waals surface area contributed by atoms with Gasteiger partial charge in [-0.2, -0.15) is 0 Å². The number of hydrogen-bond acceptors (Lipinski definition) is 5. The summed E-state index contributed by atoms with van der Waals surface area (Å²) in [5, 5.41) is 19.7. The van der Waals surface area contributed by atoms with Gasteiger partial charge in [0.2, 0.25) is 11.6 Å². The fourth-order valence-corrected chi connectivity index (χ4v) is 1.85. The van der Waals surface area contributed by atoms with Crippen molar-refractivity contribution in [3.8, 4) is 11.5 Å². The third kappa shape index (κ3) is 1.19. The lowest BCUT2D eigenvalue weighted by Gasteiger charge is -1.97. The standard InChI is InChI=1S/C12H6O5/c13-6-1-2-9-11(12(6)16)5-3-7(14)8(15)4-10(5)17-9/h1-4,13,16H. The quantitative estimate of drug-likeness (QED) is 0.473. The fraction of sp³-hybridized carbons (Fsp3) is 0. The number of Topliss-reactive ketones (excluding diaryl/α,β-unsaturated/α-hetero) is 2. The van der Waals surface area contributed by atoms with Crippen molar-refractivity contribution in [2.45, 2.75) is 0 Å². The van der Waals surface area contributed by atoms with Crippen molar-refractivity contribution in [3.05, 3.63) is 22.8 Å². The molecule has 0 bridgehead atoms. The molecule has 3 rings (SSSR count). The first-order valence-corrected chi connectivity index (χ1v) is 4.83. The lowest BCUT2D eigenvalue weighted by molar-refractivity contribution is -0.129. The van der Waals surface area contributed by atoms with E-state index in [1.54, 1.807) is 0 Å². The van der Waals surface area contributed by atoms with E-state index in [-0.39, 0.29) is 22.3 Å². The van der Waals surface area contributed by atoms with Crippen molar-refractivity contribution in [2.24, 2.45) is 0 Å². The van der Waals surface area contributed by atoms with Gasteiger partial charge in [0.1, 0.15) is 11.0 Å². The maximum atomic E-state index is 11.3. The average Bonchev–Trinajstić information content (AvgIpc) is 2.63. The molecule has 0 saturated carbocycles. The first-order chi connectivity index (χ1) is 8.08. The predicted octanol–water partition coefficient (Wildman–Crippen LogP) is -0.443. The Hall–Kier alpha value is -2.56. The molecule has 5 heteroatoms. The molecule has 1 heterocycles. The van der Waals surface area contributed by atoms with E-state index in [2.05, 4.69) is 0 Å². The highest BCUT2D eigenvalue weighted by atomic mass is 16.3. The van der Waals surface area contributed by atoms with E-state index in [9.17, 15) is 19.8 Å². The minimum absolute atomic E-state index is 0.213. The number of phenols is 2.